The highest BCUT2D eigenvalue weighted by molar-refractivity contribution is 6.30. The van der Waals surface area contributed by atoms with Crippen LogP contribution < -0.4 is 11.2 Å². The Morgan fingerprint density at radius 3 is 2.52 bits per heavy atom. The second-order valence-electron chi connectivity index (χ2n) is 6.22. The van der Waals surface area contributed by atoms with Crippen LogP contribution in [0.3, 0.4) is 0 Å². The van der Waals surface area contributed by atoms with Gasteiger partial charge in [-0.2, -0.15) is 0 Å². The fourth-order valence-corrected chi connectivity index (χ4v) is 3.41. The van der Waals surface area contributed by atoms with Crippen molar-refractivity contribution in [2.24, 2.45) is 0 Å². The summed E-state index contributed by atoms with van der Waals surface area (Å²) in [6.45, 7) is 6.37. The molecule has 118 valence electrons. The van der Waals surface area contributed by atoms with Crippen LogP contribution in [0.1, 0.15) is 57.9 Å². The van der Waals surface area contributed by atoms with Gasteiger partial charge in [0.1, 0.15) is 5.15 Å². The molecule has 0 aliphatic heterocycles. The zero-order valence-corrected chi connectivity index (χ0v) is 13.6. The largest absolute Gasteiger partial charge is 0.374 e. The van der Waals surface area contributed by atoms with Crippen LogP contribution in [0.2, 0.25) is 5.15 Å². The van der Waals surface area contributed by atoms with Crippen molar-refractivity contribution < 1.29 is 4.74 Å². The molecule has 0 aromatic carbocycles. The van der Waals surface area contributed by atoms with Crippen LogP contribution in [0.4, 0.5) is 0 Å². The fourth-order valence-electron chi connectivity index (χ4n) is 3.09. The van der Waals surface area contributed by atoms with Crippen molar-refractivity contribution in [2.75, 3.05) is 6.61 Å². The molecule has 5 nitrogen and oxygen atoms in total. The zero-order chi connectivity index (χ0) is 15.6. The Balaban J connectivity index is 2.44. The van der Waals surface area contributed by atoms with Gasteiger partial charge in [0, 0.05) is 6.61 Å². The Morgan fingerprint density at radius 2 is 1.95 bits per heavy atom. The standard InChI is InChI=1S/C15H23ClN2O3/c1-4-21-15(2,3)9-18-13(19)11(10-7-5-6-8-10)12(16)17-14(18)20/h10H,4-9H2,1-3H3,(H,17,20). The summed E-state index contributed by atoms with van der Waals surface area (Å²) in [6.07, 6.45) is 4.11. The van der Waals surface area contributed by atoms with E-state index in [4.69, 9.17) is 16.3 Å². The van der Waals surface area contributed by atoms with Gasteiger partial charge in [0.05, 0.1) is 17.7 Å². The maximum Gasteiger partial charge on any atom is 0.329 e. The SMILES string of the molecule is CCOC(C)(C)Cn1c(=O)[nH]c(Cl)c(C2CCCC2)c1=O. The number of rotatable bonds is 5. The maximum absolute atomic E-state index is 12.7. The molecule has 21 heavy (non-hydrogen) atoms. The highest BCUT2D eigenvalue weighted by Crippen LogP contribution is 2.34. The maximum atomic E-state index is 12.7. The Morgan fingerprint density at radius 1 is 1.33 bits per heavy atom. The molecule has 1 aliphatic rings. The van der Waals surface area contributed by atoms with Gasteiger partial charge in [-0.15, -0.1) is 0 Å². The van der Waals surface area contributed by atoms with Crippen LogP contribution in [0.25, 0.3) is 0 Å². The van der Waals surface area contributed by atoms with Gasteiger partial charge in [-0.05, 0) is 39.5 Å². The highest BCUT2D eigenvalue weighted by atomic mass is 35.5. The van der Waals surface area contributed by atoms with Crippen molar-refractivity contribution in [1.82, 2.24) is 9.55 Å². The predicted octanol–water partition coefficient (Wildman–Crippen LogP) is 2.66. The van der Waals surface area contributed by atoms with Crippen molar-refractivity contribution in [3.8, 4) is 0 Å². The third-order valence-corrected chi connectivity index (χ3v) is 4.31. The average Bonchev–Trinajstić information content (AvgIpc) is 2.88. The first-order valence-electron chi connectivity index (χ1n) is 7.52. The van der Waals surface area contributed by atoms with E-state index in [0.29, 0.717) is 12.2 Å². The monoisotopic (exact) mass is 314 g/mol. The molecule has 1 fully saturated rings. The molecule has 1 saturated carbocycles. The third-order valence-electron chi connectivity index (χ3n) is 4.01. The topological polar surface area (TPSA) is 64.1 Å². The first-order chi connectivity index (χ1) is 9.85. The number of H-pyrrole nitrogens is 1. The van der Waals surface area contributed by atoms with E-state index in [1.54, 1.807) is 0 Å². The number of nitrogens with zero attached hydrogens (tertiary/aromatic N) is 1. The lowest BCUT2D eigenvalue weighted by Crippen LogP contribution is -2.44. The number of halogens is 1. The van der Waals surface area contributed by atoms with Gasteiger partial charge in [0.25, 0.3) is 5.56 Å². The van der Waals surface area contributed by atoms with Crippen molar-refractivity contribution in [1.29, 1.82) is 0 Å². The molecule has 1 aromatic heterocycles. The van der Waals surface area contributed by atoms with E-state index in [-0.39, 0.29) is 23.2 Å². The minimum absolute atomic E-state index is 0.156. The molecule has 6 heteroatoms. The molecule has 0 bridgehead atoms. The van der Waals surface area contributed by atoms with Crippen LogP contribution in [-0.2, 0) is 11.3 Å². The van der Waals surface area contributed by atoms with Crippen molar-refractivity contribution in [3.63, 3.8) is 0 Å². The van der Waals surface area contributed by atoms with Crippen molar-refractivity contribution in [3.05, 3.63) is 31.6 Å². The smallest absolute Gasteiger partial charge is 0.329 e. The number of hydrogen-bond acceptors (Lipinski definition) is 3. The molecule has 1 N–H and O–H groups in total. The average molecular weight is 315 g/mol. The quantitative estimate of drug-likeness (QED) is 0.850. The summed E-state index contributed by atoms with van der Waals surface area (Å²) in [6, 6.07) is 0. The number of aromatic nitrogens is 2. The van der Waals surface area contributed by atoms with E-state index < -0.39 is 11.3 Å². The van der Waals surface area contributed by atoms with E-state index in [2.05, 4.69) is 4.98 Å². The molecule has 0 spiro atoms. The summed E-state index contributed by atoms with van der Waals surface area (Å²) in [4.78, 5) is 27.4. The second-order valence-corrected chi connectivity index (χ2v) is 6.60. The molecular formula is C15H23ClN2O3. The lowest BCUT2D eigenvalue weighted by atomic mass is 10.0. The molecular weight excluding hydrogens is 292 g/mol. The predicted molar refractivity (Wildman–Crippen MR) is 83.2 cm³/mol. The molecule has 0 amide bonds. The Bertz CT molecular complexity index is 612. The number of ether oxygens (including phenoxy) is 1. The first-order valence-corrected chi connectivity index (χ1v) is 7.90. The summed E-state index contributed by atoms with van der Waals surface area (Å²) in [7, 11) is 0. The fraction of sp³-hybridized carbons (Fsp3) is 0.733. The number of aromatic amines is 1. The Labute approximate surface area is 129 Å². The minimum atomic E-state index is -0.577. The van der Waals surface area contributed by atoms with Crippen LogP contribution >= 0.6 is 11.6 Å². The van der Waals surface area contributed by atoms with Crippen LogP contribution in [-0.4, -0.2) is 21.8 Å². The first kappa shape index (κ1) is 16.3. The molecule has 1 heterocycles. The lowest BCUT2D eigenvalue weighted by molar-refractivity contribution is -0.0239. The van der Waals surface area contributed by atoms with Gasteiger partial charge in [0.2, 0.25) is 0 Å². The summed E-state index contributed by atoms with van der Waals surface area (Å²) < 4.78 is 6.81. The van der Waals surface area contributed by atoms with E-state index in [0.717, 1.165) is 25.7 Å². The van der Waals surface area contributed by atoms with Crippen molar-refractivity contribution in [2.45, 2.75) is 64.5 Å². The second kappa shape index (κ2) is 6.36. The van der Waals surface area contributed by atoms with E-state index >= 15 is 0 Å². The lowest BCUT2D eigenvalue weighted by Gasteiger charge is -2.25. The summed E-state index contributed by atoms with van der Waals surface area (Å²) in [5.41, 5.74) is -0.768. The summed E-state index contributed by atoms with van der Waals surface area (Å²) in [5.74, 6) is 0.156. The summed E-state index contributed by atoms with van der Waals surface area (Å²) >= 11 is 6.12. The van der Waals surface area contributed by atoms with Crippen molar-refractivity contribution >= 4 is 11.6 Å². The number of nitrogens with one attached hydrogen (secondary N) is 1. The molecule has 0 unspecified atom stereocenters. The normalized spacial score (nSPS) is 16.6. The Hall–Kier alpha value is -1.07. The van der Waals surface area contributed by atoms with E-state index in [9.17, 15) is 9.59 Å². The van der Waals surface area contributed by atoms with Gasteiger partial charge < -0.3 is 4.74 Å². The van der Waals surface area contributed by atoms with Crippen LogP contribution in [0.15, 0.2) is 9.59 Å². The molecule has 0 atom stereocenters. The molecule has 1 aliphatic carbocycles. The molecule has 2 rings (SSSR count). The molecule has 1 aromatic rings. The van der Waals surface area contributed by atoms with Gasteiger partial charge in [0.15, 0.2) is 0 Å². The van der Waals surface area contributed by atoms with E-state index in [1.807, 2.05) is 20.8 Å². The highest BCUT2D eigenvalue weighted by Gasteiger charge is 2.27. The zero-order valence-electron chi connectivity index (χ0n) is 12.9. The Kier molecular flexibility index (Phi) is 4.94. The van der Waals surface area contributed by atoms with Gasteiger partial charge >= 0.3 is 5.69 Å². The summed E-state index contributed by atoms with van der Waals surface area (Å²) in [5, 5.41) is 0.197. The van der Waals surface area contributed by atoms with Gasteiger partial charge in [-0.25, -0.2) is 4.79 Å². The molecule has 0 saturated heterocycles. The van der Waals surface area contributed by atoms with Crippen LogP contribution in [0.5, 0.6) is 0 Å². The van der Waals surface area contributed by atoms with E-state index in [1.165, 1.54) is 4.57 Å². The third kappa shape index (κ3) is 3.58. The molecule has 0 radical (unpaired) electrons. The van der Waals surface area contributed by atoms with Gasteiger partial charge in [-0.1, -0.05) is 24.4 Å². The minimum Gasteiger partial charge on any atom is -0.374 e. The van der Waals surface area contributed by atoms with Gasteiger partial charge in [-0.3, -0.25) is 14.3 Å². The number of hydrogen-bond donors (Lipinski definition) is 1. The van der Waals surface area contributed by atoms with Crippen LogP contribution in [0, 0.1) is 0 Å².